The van der Waals surface area contributed by atoms with Crippen molar-refractivity contribution in [1.82, 2.24) is 9.78 Å². The summed E-state index contributed by atoms with van der Waals surface area (Å²) in [5, 5.41) is 15.4. The number of benzene rings is 1. The Morgan fingerprint density at radius 2 is 2.11 bits per heavy atom. The van der Waals surface area contributed by atoms with Crippen LogP contribution in [-0.4, -0.2) is 14.9 Å². The van der Waals surface area contributed by atoms with Crippen LogP contribution in [-0.2, 0) is 13.0 Å². The molecule has 0 saturated carbocycles. The molecule has 1 unspecified atom stereocenters. The second kappa shape index (κ2) is 6.07. The fourth-order valence-corrected chi connectivity index (χ4v) is 2.81. The fraction of sp³-hybridized carbons (Fsp3) is 0.357. The SMILES string of the molecule is CCn1nc(C)c(Br)c1CC(O)c1ccccc1Cl. The highest BCUT2D eigenvalue weighted by Crippen LogP contribution is 2.29. The Morgan fingerprint density at radius 3 is 2.74 bits per heavy atom. The van der Waals surface area contributed by atoms with Crippen LogP contribution in [0.2, 0.25) is 5.02 Å². The molecule has 1 aromatic carbocycles. The molecule has 3 nitrogen and oxygen atoms in total. The molecule has 1 heterocycles. The topological polar surface area (TPSA) is 38.0 Å². The number of aromatic nitrogens is 2. The number of aryl methyl sites for hydroxylation is 2. The lowest BCUT2D eigenvalue weighted by Crippen LogP contribution is -2.09. The lowest BCUT2D eigenvalue weighted by atomic mass is 10.0. The van der Waals surface area contributed by atoms with E-state index in [0.29, 0.717) is 11.4 Å². The van der Waals surface area contributed by atoms with Gasteiger partial charge >= 0.3 is 0 Å². The fourth-order valence-electron chi connectivity index (χ4n) is 2.10. The summed E-state index contributed by atoms with van der Waals surface area (Å²) in [6.45, 7) is 4.75. The summed E-state index contributed by atoms with van der Waals surface area (Å²) in [7, 11) is 0. The second-order valence-corrected chi connectivity index (χ2v) is 5.60. The minimum absolute atomic E-state index is 0.485. The van der Waals surface area contributed by atoms with Crippen molar-refractivity contribution in [2.45, 2.75) is 32.9 Å². The average Bonchev–Trinajstić information content (AvgIpc) is 2.67. The Hall–Kier alpha value is -0.840. The van der Waals surface area contributed by atoms with Crippen LogP contribution in [0.4, 0.5) is 0 Å². The van der Waals surface area contributed by atoms with Crippen LogP contribution in [0.25, 0.3) is 0 Å². The van der Waals surface area contributed by atoms with Gasteiger partial charge in [0.2, 0.25) is 0 Å². The Bertz CT molecular complexity index is 583. The van der Waals surface area contributed by atoms with E-state index in [1.807, 2.05) is 36.7 Å². The molecule has 0 aliphatic carbocycles. The van der Waals surface area contributed by atoms with Crippen molar-refractivity contribution in [2.75, 3.05) is 0 Å². The molecular weight excluding hydrogens is 328 g/mol. The van der Waals surface area contributed by atoms with E-state index in [9.17, 15) is 5.11 Å². The summed E-state index contributed by atoms with van der Waals surface area (Å²) in [5.41, 5.74) is 2.67. The summed E-state index contributed by atoms with van der Waals surface area (Å²) in [5.74, 6) is 0. The Balaban J connectivity index is 2.29. The minimum atomic E-state index is -0.633. The molecule has 19 heavy (non-hydrogen) atoms. The van der Waals surface area contributed by atoms with Crippen molar-refractivity contribution in [2.24, 2.45) is 0 Å². The third-order valence-corrected chi connectivity index (χ3v) is 4.48. The van der Waals surface area contributed by atoms with Gasteiger partial charge in [-0.3, -0.25) is 4.68 Å². The summed E-state index contributed by atoms with van der Waals surface area (Å²) in [6, 6.07) is 7.37. The molecular formula is C14H16BrClN2O. The molecule has 0 aliphatic heterocycles. The zero-order valence-electron chi connectivity index (χ0n) is 10.9. The lowest BCUT2D eigenvalue weighted by Gasteiger charge is -2.14. The van der Waals surface area contributed by atoms with Crippen LogP contribution in [0, 0.1) is 6.92 Å². The molecule has 0 fully saturated rings. The third-order valence-electron chi connectivity index (χ3n) is 3.10. The van der Waals surface area contributed by atoms with Gasteiger partial charge in [0.25, 0.3) is 0 Å². The Morgan fingerprint density at radius 1 is 1.42 bits per heavy atom. The maximum absolute atomic E-state index is 10.4. The Kier molecular flexibility index (Phi) is 4.66. The highest BCUT2D eigenvalue weighted by molar-refractivity contribution is 9.10. The summed E-state index contributed by atoms with van der Waals surface area (Å²) in [6.07, 6.45) is -0.148. The van der Waals surface area contributed by atoms with Gasteiger partial charge in [0.05, 0.1) is 22.0 Å². The van der Waals surface area contributed by atoms with Crippen molar-refractivity contribution < 1.29 is 5.11 Å². The van der Waals surface area contributed by atoms with E-state index >= 15 is 0 Å². The van der Waals surface area contributed by atoms with Crippen molar-refractivity contribution in [3.05, 3.63) is 50.7 Å². The van der Waals surface area contributed by atoms with E-state index in [1.54, 1.807) is 6.07 Å². The molecule has 102 valence electrons. The summed E-state index contributed by atoms with van der Waals surface area (Å²) < 4.78 is 2.86. The van der Waals surface area contributed by atoms with Gasteiger partial charge in [-0.25, -0.2) is 0 Å². The molecule has 0 aliphatic rings. The summed E-state index contributed by atoms with van der Waals surface area (Å²) in [4.78, 5) is 0. The minimum Gasteiger partial charge on any atom is -0.388 e. The van der Waals surface area contributed by atoms with Gasteiger partial charge in [0.1, 0.15) is 0 Å². The van der Waals surface area contributed by atoms with E-state index in [4.69, 9.17) is 11.6 Å². The average molecular weight is 344 g/mol. The van der Waals surface area contributed by atoms with Gasteiger partial charge < -0.3 is 5.11 Å². The first-order chi connectivity index (χ1) is 9.04. The standard InChI is InChI=1S/C14H16BrClN2O/c1-3-18-12(14(15)9(2)17-18)8-13(19)10-6-4-5-7-11(10)16/h4-7,13,19H,3,8H2,1-2H3. The largest absolute Gasteiger partial charge is 0.388 e. The smallest absolute Gasteiger partial charge is 0.0860 e. The van der Waals surface area contributed by atoms with Gasteiger partial charge in [-0.2, -0.15) is 5.10 Å². The van der Waals surface area contributed by atoms with Crippen molar-refractivity contribution in [3.63, 3.8) is 0 Å². The number of nitrogens with zero attached hydrogens (tertiary/aromatic N) is 2. The molecule has 0 radical (unpaired) electrons. The van der Waals surface area contributed by atoms with Gasteiger partial charge in [0, 0.05) is 18.0 Å². The third kappa shape index (κ3) is 3.02. The predicted octanol–water partition coefficient (Wildman–Crippen LogP) is 3.90. The number of rotatable bonds is 4. The van der Waals surface area contributed by atoms with E-state index < -0.39 is 6.10 Å². The van der Waals surface area contributed by atoms with Crippen LogP contribution < -0.4 is 0 Å². The first kappa shape index (κ1) is 14.6. The van der Waals surface area contributed by atoms with Gasteiger partial charge in [0.15, 0.2) is 0 Å². The van der Waals surface area contributed by atoms with E-state index in [-0.39, 0.29) is 0 Å². The van der Waals surface area contributed by atoms with Crippen molar-refractivity contribution in [1.29, 1.82) is 0 Å². The number of hydrogen-bond donors (Lipinski definition) is 1. The van der Waals surface area contributed by atoms with Gasteiger partial charge in [-0.15, -0.1) is 0 Å². The quantitative estimate of drug-likeness (QED) is 0.914. The number of aliphatic hydroxyl groups is 1. The molecule has 1 N–H and O–H groups in total. The van der Waals surface area contributed by atoms with E-state index in [2.05, 4.69) is 21.0 Å². The van der Waals surface area contributed by atoms with Crippen LogP contribution in [0.1, 0.15) is 30.0 Å². The molecule has 0 saturated heterocycles. The zero-order chi connectivity index (χ0) is 14.0. The maximum atomic E-state index is 10.4. The molecule has 0 spiro atoms. The molecule has 0 amide bonds. The van der Waals surface area contributed by atoms with Crippen LogP contribution in [0.3, 0.4) is 0 Å². The van der Waals surface area contributed by atoms with Gasteiger partial charge in [-0.1, -0.05) is 29.8 Å². The lowest BCUT2D eigenvalue weighted by molar-refractivity contribution is 0.175. The van der Waals surface area contributed by atoms with Crippen LogP contribution >= 0.6 is 27.5 Å². The van der Waals surface area contributed by atoms with E-state index in [1.165, 1.54) is 0 Å². The van der Waals surface area contributed by atoms with Gasteiger partial charge in [-0.05, 0) is 41.4 Å². The molecule has 2 rings (SSSR count). The molecule has 5 heteroatoms. The monoisotopic (exact) mass is 342 g/mol. The van der Waals surface area contributed by atoms with Crippen LogP contribution in [0.15, 0.2) is 28.7 Å². The second-order valence-electron chi connectivity index (χ2n) is 4.40. The normalized spacial score (nSPS) is 12.7. The maximum Gasteiger partial charge on any atom is 0.0860 e. The van der Waals surface area contributed by atoms with Crippen molar-refractivity contribution >= 4 is 27.5 Å². The first-order valence-corrected chi connectivity index (χ1v) is 7.36. The number of aliphatic hydroxyl groups excluding tert-OH is 1. The van der Waals surface area contributed by atoms with Crippen LogP contribution in [0.5, 0.6) is 0 Å². The molecule has 1 atom stereocenters. The zero-order valence-corrected chi connectivity index (χ0v) is 13.2. The molecule has 1 aromatic heterocycles. The first-order valence-electron chi connectivity index (χ1n) is 6.18. The number of hydrogen-bond acceptors (Lipinski definition) is 2. The Labute approximate surface area is 126 Å². The van der Waals surface area contributed by atoms with E-state index in [0.717, 1.165) is 28.0 Å². The summed E-state index contributed by atoms with van der Waals surface area (Å²) >= 11 is 9.64. The predicted molar refractivity (Wildman–Crippen MR) is 80.5 cm³/mol. The highest BCUT2D eigenvalue weighted by atomic mass is 79.9. The highest BCUT2D eigenvalue weighted by Gasteiger charge is 2.18. The molecule has 2 aromatic rings. The number of halogens is 2. The molecule has 0 bridgehead atoms. The van der Waals surface area contributed by atoms with Crippen molar-refractivity contribution in [3.8, 4) is 0 Å².